The number of guanidine groups is 1. The average molecular weight is 448 g/mol. The minimum Gasteiger partial charge on any atom is -0.356 e. The van der Waals surface area contributed by atoms with Crippen LogP contribution in [-0.4, -0.2) is 92.7 Å². The van der Waals surface area contributed by atoms with Crippen molar-refractivity contribution in [3.05, 3.63) is 34.9 Å². The van der Waals surface area contributed by atoms with Crippen molar-refractivity contribution >= 4 is 23.5 Å². The van der Waals surface area contributed by atoms with Gasteiger partial charge in [-0.2, -0.15) is 13.2 Å². The maximum Gasteiger partial charge on any atom is 0.401 e. The molecule has 168 valence electrons. The Morgan fingerprint density at radius 3 is 2.50 bits per heavy atom. The molecule has 0 aliphatic carbocycles. The summed E-state index contributed by atoms with van der Waals surface area (Å²) in [7, 11) is 3.14. The molecule has 0 bridgehead atoms. The van der Waals surface area contributed by atoms with Crippen molar-refractivity contribution < 1.29 is 18.0 Å². The number of benzene rings is 1. The first kappa shape index (κ1) is 24.3. The van der Waals surface area contributed by atoms with Crippen LogP contribution in [-0.2, 0) is 11.2 Å². The van der Waals surface area contributed by atoms with Crippen molar-refractivity contribution in [2.24, 2.45) is 4.99 Å². The molecule has 0 saturated carbocycles. The van der Waals surface area contributed by atoms with Crippen molar-refractivity contribution in [2.75, 3.05) is 59.9 Å². The molecule has 30 heavy (non-hydrogen) atoms. The molecule has 10 heteroatoms. The molecule has 1 amide bonds. The predicted octanol–water partition coefficient (Wildman–Crippen LogP) is 2.49. The lowest BCUT2D eigenvalue weighted by Gasteiger charge is -2.36. The number of hydrogen-bond donors (Lipinski definition) is 1. The Labute approximate surface area is 180 Å². The maximum absolute atomic E-state index is 12.5. The van der Waals surface area contributed by atoms with E-state index in [1.807, 2.05) is 17.0 Å². The second-order valence-electron chi connectivity index (χ2n) is 7.36. The second kappa shape index (κ2) is 11.4. The maximum atomic E-state index is 12.5. The third-order valence-electron chi connectivity index (χ3n) is 4.84. The van der Waals surface area contributed by atoms with Crippen molar-refractivity contribution in [3.63, 3.8) is 0 Å². The topological polar surface area (TPSA) is 51.2 Å². The quantitative estimate of drug-likeness (QED) is 0.396. The van der Waals surface area contributed by atoms with Crippen molar-refractivity contribution in [1.82, 2.24) is 20.0 Å². The highest BCUT2D eigenvalue weighted by Crippen LogP contribution is 2.15. The molecule has 1 aromatic rings. The Morgan fingerprint density at radius 1 is 1.23 bits per heavy atom. The highest BCUT2D eigenvalue weighted by atomic mass is 35.5. The first-order chi connectivity index (χ1) is 14.2. The number of alkyl halides is 3. The lowest BCUT2D eigenvalue weighted by atomic mass is 10.1. The van der Waals surface area contributed by atoms with Crippen LogP contribution in [0, 0.1) is 0 Å². The van der Waals surface area contributed by atoms with Crippen LogP contribution in [0.25, 0.3) is 0 Å². The fourth-order valence-corrected chi connectivity index (χ4v) is 3.58. The third-order valence-corrected chi connectivity index (χ3v) is 5.07. The van der Waals surface area contributed by atoms with E-state index >= 15 is 0 Å². The molecule has 1 N–H and O–H groups in total. The van der Waals surface area contributed by atoms with Gasteiger partial charge in [-0.3, -0.25) is 14.7 Å². The molecule has 0 spiro atoms. The summed E-state index contributed by atoms with van der Waals surface area (Å²) in [5.74, 6) is 0.767. The van der Waals surface area contributed by atoms with Gasteiger partial charge < -0.3 is 15.1 Å². The van der Waals surface area contributed by atoms with Gasteiger partial charge in [0, 0.05) is 44.8 Å². The van der Waals surface area contributed by atoms with Gasteiger partial charge in [-0.1, -0.05) is 23.7 Å². The van der Waals surface area contributed by atoms with E-state index in [0.29, 0.717) is 63.1 Å². The van der Waals surface area contributed by atoms with Gasteiger partial charge in [0.1, 0.15) is 0 Å². The van der Waals surface area contributed by atoms with E-state index in [1.165, 1.54) is 11.9 Å². The lowest BCUT2D eigenvalue weighted by Crippen LogP contribution is -2.54. The minimum atomic E-state index is -4.18. The summed E-state index contributed by atoms with van der Waals surface area (Å²) in [6, 6.07) is 7.30. The Balaban J connectivity index is 1.71. The summed E-state index contributed by atoms with van der Waals surface area (Å²) in [5.41, 5.74) is 0.892. The summed E-state index contributed by atoms with van der Waals surface area (Å²) >= 11 is 5.98. The van der Waals surface area contributed by atoms with Gasteiger partial charge in [-0.15, -0.1) is 0 Å². The Morgan fingerprint density at radius 2 is 1.90 bits per heavy atom. The van der Waals surface area contributed by atoms with Gasteiger partial charge in [0.2, 0.25) is 5.91 Å². The molecule has 2 rings (SSSR count). The molecule has 0 radical (unpaired) electrons. The van der Waals surface area contributed by atoms with Crippen LogP contribution in [0.5, 0.6) is 0 Å². The standard InChI is InChI=1S/C20H29ClF3N5O/c1-25-19(26-7-4-8-27(2)15-20(22,23)24)29-11-9-28(10-12-29)18(30)14-16-5-3-6-17(21)13-16/h3,5-6,13H,4,7-12,14-15H2,1-2H3,(H,25,26). The van der Waals surface area contributed by atoms with Crippen LogP contribution < -0.4 is 5.32 Å². The zero-order valence-corrected chi connectivity index (χ0v) is 18.1. The first-order valence-corrected chi connectivity index (χ1v) is 10.3. The summed E-state index contributed by atoms with van der Waals surface area (Å²) in [6.07, 6.45) is -3.29. The first-order valence-electron chi connectivity index (χ1n) is 9.91. The van der Waals surface area contributed by atoms with E-state index in [1.54, 1.807) is 19.2 Å². The molecular weight excluding hydrogens is 419 g/mol. The number of carbonyl (C=O) groups excluding carboxylic acids is 1. The molecular formula is C20H29ClF3N5O. The van der Waals surface area contributed by atoms with Gasteiger partial charge >= 0.3 is 6.18 Å². The Bertz CT molecular complexity index is 721. The SMILES string of the molecule is CN=C(NCCCN(C)CC(F)(F)F)N1CCN(C(=O)Cc2cccc(Cl)c2)CC1. The number of nitrogens with zero attached hydrogens (tertiary/aromatic N) is 4. The normalized spacial score (nSPS) is 15.6. The summed E-state index contributed by atoms with van der Waals surface area (Å²) in [4.78, 5) is 21.9. The van der Waals surface area contributed by atoms with Gasteiger partial charge in [0.15, 0.2) is 5.96 Å². The fraction of sp³-hybridized carbons (Fsp3) is 0.600. The Kier molecular flexibility index (Phi) is 9.23. The molecule has 1 aliphatic rings. The van der Waals surface area contributed by atoms with E-state index < -0.39 is 12.7 Å². The summed E-state index contributed by atoms with van der Waals surface area (Å²) in [6.45, 7) is 2.44. The highest BCUT2D eigenvalue weighted by molar-refractivity contribution is 6.30. The number of carbonyl (C=O) groups is 1. The Hall–Kier alpha value is -2.00. The van der Waals surface area contributed by atoms with Crippen LogP contribution >= 0.6 is 11.6 Å². The zero-order valence-electron chi connectivity index (χ0n) is 17.4. The summed E-state index contributed by atoms with van der Waals surface area (Å²) in [5, 5.41) is 3.81. The molecule has 0 unspecified atom stereocenters. The van der Waals surface area contributed by atoms with Crippen LogP contribution in [0.2, 0.25) is 5.02 Å². The molecule has 1 aliphatic heterocycles. The van der Waals surface area contributed by atoms with Crippen molar-refractivity contribution in [1.29, 1.82) is 0 Å². The monoisotopic (exact) mass is 447 g/mol. The number of piperazine rings is 1. The van der Waals surface area contributed by atoms with Gasteiger partial charge in [-0.25, -0.2) is 0 Å². The average Bonchev–Trinajstić information content (AvgIpc) is 2.67. The zero-order chi connectivity index (χ0) is 22.1. The summed E-state index contributed by atoms with van der Waals surface area (Å²) < 4.78 is 37.1. The number of amides is 1. The molecule has 1 fully saturated rings. The van der Waals surface area contributed by atoms with E-state index in [2.05, 4.69) is 15.2 Å². The van der Waals surface area contributed by atoms with Crippen LogP contribution in [0.15, 0.2) is 29.3 Å². The van der Waals surface area contributed by atoms with E-state index in [0.717, 1.165) is 5.56 Å². The molecule has 6 nitrogen and oxygen atoms in total. The number of rotatable bonds is 7. The molecule has 0 atom stereocenters. The van der Waals surface area contributed by atoms with Crippen molar-refractivity contribution in [3.8, 4) is 0 Å². The van der Waals surface area contributed by atoms with Gasteiger partial charge in [0.25, 0.3) is 0 Å². The fourth-order valence-electron chi connectivity index (χ4n) is 3.37. The van der Waals surface area contributed by atoms with Crippen LogP contribution in [0.4, 0.5) is 13.2 Å². The smallest absolute Gasteiger partial charge is 0.356 e. The number of aliphatic imine (C=N–C) groups is 1. The lowest BCUT2D eigenvalue weighted by molar-refractivity contribution is -0.143. The second-order valence-corrected chi connectivity index (χ2v) is 7.79. The van der Waals surface area contributed by atoms with Crippen LogP contribution in [0.1, 0.15) is 12.0 Å². The minimum absolute atomic E-state index is 0.0626. The van der Waals surface area contributed by atoms with Crippen LogP contribution in [0.3, 0.4) is 0 Å². The molecule has 1 aromatic carbocycles. The number of hydrogen-bond acceptors (Lipinski definition) is 3. The van der Waals surface area contributed by atoms with E-state index in [9.17, 15) is 18.0 Å². The van der Waals surface area contributed by atoms with Gasteiger partial charge in [0.05, 0.1) is 13.0 Å². The largest absolute Gasteiger partial charge is 0.401 e. The number of halogens is 4. The molecule has 1 heterocycles. The third kappa shape index (κ3) is 8.39. The highest BCUT2D eigenvalue weighted by Gasteiger charge is 2.29. The number of nitrogens with one attached hydrogen (secondary N) is 1. The molecule has 0 aromatic heterocycles. The predicted molar refractivity (Wildman–Crippen MR) is 113 cm³/mol. The van der Waals surface area contributed by atoms with E-state index in [-0.39, 0.29) is 5.91 Å². The van der Waals surface area contributed by atoms with Gasteiger partial charge in [-0.05, 0) is 37.7 Å². The van der Waals surface area contributed by atoms with Crippen molar-refractivity contribution in [2.45, 2.75) is 19.0 Å². The van der Waals surface area contributed by atoms with E-state index in [4.69, 9.17) is 11.6 Å². The molecule has 1 saturated heterocycles.